The van der Waals surface area contributed by atoms with Crippen LogP contribution in [0.15, 0.2) is 121 Å². The molecule has 0 fully saturated rings. The third kappa shape index (κ3) is 8.11. The van der Waals surface area contributed by atoms with E-state index in [1.165, 1.54) is 74.7 Å². The molecule has 0 saturated heterocycles. The van der Waals surface area contributed by atoms with Gasteiger partial charge in [0.2, 0.25) is 11.6 Å². The van der Waals surface area contributed by atoms with Gasteiger partial charge < -0.3 is 16.0 Å². The zero-order valence-corrected chi connectivity index (χ0v) is 32.8. The van der Waals surface area contributed by atoms with Gasteiger partial charge in [0.15, 0.2) is 5.71 Å². The predicted molar refractivity (Wildman–Crippen MR) is 225 cm³/mol. The summed E-state index contributed by atoms with van der Waals surface area (Å²) >= 11 is 0. The molecule has 4 aromatic carbocycles. The van der Waals surface area contributed by atoms with Crippen LogP contribution in [0.25, 0.3) is 21.5 Å². The minimum atomic E-state index is -0.147. The lowest BCUT2D eigenvalue weighted by Crippen LogP contribution is -2.50. The van der Waals surface area contributed by atoms with Gasteiger partial charge in [-0.05, 0) is 91.3 Å². The molecule has 53 heavy (non-hydrogen) atoms. The molecule has 2 aliphatic heterocycles. The zero-order valence-electron chi connectivity index (χ0n) is 32.8. The maximum absolute atomic E-state index is 12.4. The Balaban J connectivity index is 1.11. The van der Waals surface area contributed by atoms with Crippen molar-refractivity contribution in [1.82, 2.24) is 5.32 Å². The van der Waals surface area contributed by atoms with Crippen LogP contribution in [0.2, 0.25) is 0 Å². The number of fused-ring (bicyclic) bond motifs is 6. The summed E-state index contributed by atoms with van der Waals surface area (Å²) in [6.45, 7) is 12.1. The molecule has 276 valence electrons. The topological polar surface area (TPSA) is 63.0 Å². The number of rotatable bonds is 16. The molecule has 1 amide bonds. The molecule has 0 atom stereocenters. The normalized spacial score (nSPS) is 17.0. The van der Waals surface area contributed by atoms with Gasteiger partial charge in [0, 0.05) is 54.0 Å². The summed E-state index contributed by atoms with van der Waals surface area (Å²) in [7, 11) is 2.18. The standard InChI is InChI=1S/C48H58N4O/c1-47(2)42(51(5)40-31-29-36-22-15-17-24-38(36)45(40)47)26-12-7-6-8-13-27-43-48(3,4)46-39-25-18-16-23-37(39)30-32-41(46)52(43)35-21-11-14-28-44(53)50-34-20-10-9-19-33-49/h6-8,12-13,15-18,22-27,29-32H,9-11,14,19-21,28,33-35,49H2,1-5H3/p+2. The molecule has 4 aromatic rings. The number of nitrogens with zero attached hydrogens (tertiary/aromatic N) is 2. The van der Waals surface area contributed by atoms with E-state index >= 15 is 0 Å². The van der Waals surface area contributed by atoms with Crippen molar-refractivity contribution >= 4 is 44.5 Å². The van der Waals surface area contributed by atoms with Crippen molar-refractivity contribution in [1.29, 1.82) is 0 Å². The number of hydrogen-bond acceptors (Lipinski definition) is 2. The highest BCUT2D eigenvalue weighted by Crippen LogP contribution is 2.51. The average molecular weight is 709 g/mol. The van der Waals surface area contributed by atoms with E-state index in [0.717, 1.165) is 45.3 Å². The summed E-state index contributed by atoms with van der Waals surface area (Å²) in [5.41, 5.74) is 11.7. The lowest BCUT2D eigenvalue weighted by atomic mass is 9.79. The monoisotopic (exact) mass is 708 g/mol. The number of amides is 1. The molecular formula is C48H60N4O+2. The second kappa shape index (κ2) is 16.9. The molecule has 5 nitrogen and oxygen atoms in total. The van der Waals surface area contributed by atoms with Gasteiger partial charge in [0.05, 0.1) is 12.0 Å². The van der Waals surface area contributed by atoms with Crippen molar-refractivity contribution < 1.29 is 15.1 Å². The van der Waals surface area contributed by atoms with Crippen LogP contribution in [0.3, 0.4) is 0 Å². The molecule has 0 saturated carbocycles. The second-order valence-electron chi connectivity index (χ2n) is 15.8. The van der Waals surface area contributed by atoms with Crippen LogP contribution in [0.1, 0.15) is 90.2 Å². The fourth-order valence-corrected chi connectivity index (χ4v) is 8.66. The van der Waals surface area contributed by atoms with Crippen LogP contribution in [0.4, 0.5) is 11.4 Å². The molecule has 4 N–H and O–H groups in total. The highest BCUT2D eigenvalue weighted by Gasteiger charge is 2.44. The van der Waals surface area contributed by atoms with Gasteiger partial charge in [0.25, 0.3) is 0 Å². The molecule has 2 heterocycles. The molecule has 6 rings (SSSR count). The van der Waals surface area contributed by atoms with Gasteiger partial charge in [-0.2, -0.15) is 4.58 Å². The number of hydrogen-bond donors (Lipinski definition) is 2. The Morgan fingerprint density at radius 1 is 0.717 bits per heavy atom. The molecule has 0 spiro atoms. The summed E-state index contributed by atoms with van der Waals surface area (Å²) in [6.07, 6.45) is 23.5. The number of unbranched alkanes of at least 4 members (excludes halogenated alkanes) is 5. The summed E-state index contributed by atoms with van der Waals surface area (Å²) in [4.78, 5) is 15.0. The van der Waals surface area contributed by atoms with Gasteiger partial charge in [-0.15, -0.1) is 0 Å². The van der Waals surface area contributed by atoms with E-state index in [0.29, 0.717) is 6.42 Å². The Morgan fingerprint density at radius 3 is 2.11 bits per heavy atom. The number of carbonyl (C=O) groups is 1. The predicted octanol–water partition coefficient (Wildman–Crippen LogP) is 9.83. The van der Waals surface area contributed by atoms with Gasteiger partial charge in [0.1, 0.15) is 7.05 Å². The van der Waals surface area contributed by atoms with Crippen LogP contribution < -0.4 is 16.0 Å². The smallest absolute Gasteiger partial charge is 0.219 e. The number of nitrogens with one attached hydrogen (secondary N) is 1. The van der Waals surface area contributed by atoms with Crippen LogP contribution in [-0.2, 0) is 15.6 Å². The van der Waals surface area contributed by atoms with E-state index < -0.39 is 0 Å². The number of anilines is 1. The average Bonchev–Trinajstić information content (AvgIpc) is 3.49. The van der Waals surface area contributed by atoms with Crippen molar-refractivity contribution in [2.24, 2.45) is 0 Å². The van der Waals surface area contributed by atoms with Gasteiger partial charge in [-0.1, -0.05) is 112 Å². The Hall–Kier alpha value is -4.74. The van der Waals surface area contributed by atoms with Gasteiger partial charge >= 0.3 is 0 Å². The summed E-state index contributed by atoms with van der Waals surface area (Å²) in [5, 5.41) is 8.35. The Bertz CT molecular complexity index is 2090. The van der Waals surface area contributed by atoms with Crippen LogP contribution in [0, 0.1) is 0 Å². The molecular weight excluding hydrogens is 649 g/mol. The Morgan fingerprint density at radius 2 is 1.36 bits per heavy atom. The highest BCUT2D eigenvalue weighted by molar-refractivity contribution is 6.07. The Kier molecular flexibility index (Phi) is 12.1. The number of allylic oxidation sites excluding steroid dienone is 8. The molecule has 0 aromatic heterocycles. The quantitative estimate of drug-likeness (QED) is 0.0692. The maximum Gasteiger partial charge on any atom is 0.219 e. The summed E-state index contributed by atoms with van der Waals surface area (Å²) < 4.78 is 2.34. The first kappa shape index (κ1) is 38.0. The SMILES string of the molecule is C[N+]1=C(/C=C/C=C/C=C/C=C2/N(CCCCCC(=O)NCCCCCC[NH3+])c3ccc4ccccc4c3C2(C)C)C(C)(C)c2c1ccc1ccccc21. The molecule has 2 aliphatic rings. The van der Waals surface area contributed by atoms with E-state index in [2.05, 4.69) is 171 Å². The molecule has 0 unspecified atom stereocenters. The van der Waals surface area contributed by atoms with E-state index in [1.54, 1.807) is 0 Å². The molecule has 5 heteroatoms. The third-order valence-corrected chi connectivity index (χ3v) is 11.4. The first-order valence-corrected chi connectivity index (χ1v) is 19.9. The lowest BCUT2D eigenvalue weighted by Gasteiger charge is -2.27. The summed E-state index contributed by atoms with van der Waals surface area (Å²) in [6, 6.07) is 26.5. The van der Waals surface area contributed by atoms with Crippen LogP contribution in [0.5, 0.6) is 0 Å². The van der Waals surface area contributed by atoms with Crippen molar-refractivity contribution in [3.63, 3.8) is 0 Å². The lowest BCUT2D eigenvalue weighted by molar-refractivity contribution is -0.401. The van der Waals surface area contributed by atoms with Gasteiger partial charge in [-0.25, -0.2) is 0 Å². The number of carbonyl (C=O) groups excluding carboxylic acids is 1. The van der Waals surface area contributed by atoms with E-state index in [9.17, 15) is 4.79 Å². The van der Waals surface area contributed by atoms with E-state index in [1.807, 2.05) is 0 Å². The van der Waals surface area contributed by atoms with Gasteiger partial charge in [-0.3, -0.25) is 4.79 Å². The van der Waals surface area contributed by atoms with Crippen molar-refractivity contribution in [3.05, 3.63) is 132 Å². The minimum Gasteiger partial charge on any atom is -0.358 e. The third-order valence-electron chi connectivity index (χ3n) is 11.4. The summed E-state index contributed by atoms with van der Waals surface area (Å²) in [5.74, 6) is 0.186. The van der Waals surface area contributed by atoms with Crippen molar-refractivity contribution in [2.45, 2.75) is 89.9 Å². The van der Waals surface area contributed by atoms with E-state index in [-0.39, 0.29) is 16.7 Å². The fraction of sp³-hybridized carbons (Fsp3) is 0.375. The van der Waals surface area contributed by atoms with Crippen molar-refractivity contribution in [3.8, 4) is 0 Å². The van der Waals surface area contributed by atoms with Crippen LogP contribution in [-0.4, -0.2) is 42.9 Å². The molecule has 0 bridgehead atoms. The number of quaternary nitrogens is 1. The highest BCUT2D eigenvalue weighted by atomic mass is 16.1. The molecule has 0 radical (unpaired) electrons. The fourth-order valence-electron chi connectivity index (χ4n) is 8.66. The first-order valence-electron chi connectivity index (χ1n) is 19.9. The first-order chi connectivity index (χ1) is 25.7. The Labute approximate surface area is 317 Å². The van der Waals surface area contributed by atoms with Crippen LogP contribution >= 0.6 is 0 Å². The van der Waals surface area contributed by atoms with Crippen molar-refractivity contribution in [2.75, 3.05) is 31.6 Å². The minimum absolute atomic E-state index is 0.0927. The second-order valence-corrected chi connectivity index (χ2v) is 15.8. The molecule has 0 aliphatic carbocycles. The largest absolute Gasteiger partial charge is 0.358 e. The maximum atomic E-state index is 12.4. The van der Waals surface area contributed by atoms with E-state index in [4.69, 9.17) is 0 Å². The zero-order chi connectivity index (χ0) is 37.4. The number of benzene rings is 4.